The summed E-state index contributed by atoms with van der Waals surface area (Å²) in [5.74, 6) is 0.0495. The molecule has 116 valence electrons. The first-order chi connectivity index (χ1) is 11.2. The molecule has 1 aliphatic heterocycles. The molecule has 3 aromatic rings. The van der Waals surface area contributed by atoms with Crippen molar-refractivity contribution in [2.45, 2.75) is 12.8 Å². The molecule has 3 heterocycles. The third-order valence-electron chi connectivity index (χ3n) is 4.55. The average molecular weight is 306 g/mol. The van der Waals surface area contributed by atoms with Crippen LogP contribution in [0.1, 0.15) is 21.5 Å². The van der Waals surface area contributed by atoms with E-state index in [1.54, 1.807) is 17.1 Å². The molecule has 0 fully saturated rings. The number of amides is 1. The SMILES string of the molecule is Cn1ncc2ncc(C(=O)N3CCc4ccccc4CC3)cc21. The van der Waals surface area contributed by atoms with Crippen LogP contribution in [-0.2, 0) is 19.9 Å². The summed E-state index contributed by atoms with van der Waals surface area (Å²) in [6, 6.07) is 10.3. The molecule has 23 heavy (non-hydrogen) atoms. The molecular weight excluding hydrogens is 288 g/mol. The molecule has 0 atom stereocenters. The van der Waals surface area contributed by atoms with Gasteiger partial charge in [-0.2, -0.15) is 5.10 Å². The summed E-state index contributed by atoms with van der Waals surface area (Å²) in [7, 11) is 1.86. The fourth-order valence-electron chi connectivity index (χ4n) is 3.20. The zero-order valence-electron chi connectivity index (χ0n) is 13.1. The minimum absolute atomic E-state index is 0.0495. The smallest absolute Gasteiger partial charge is 0.255 e. The first-order valence-electron chi connectivity index (χ1n) is 7.86. The van der Waals surface area contributed by atoms with Crippen molar-refractivity contribution < 1.29 is 4.79 Å². The number of aryl methyl sites for hydroxylation is 1. The lowest BCUT2D eigenvalue weighted by Crippen LogP contribution is -2.33. The van der Waals surface area contributed by atoms with Crippen molar-refractivity contribution in [3.8, 4) is 0 Å². The Morgan fingerprint density at radius 1 is 1.09 bits per heavy atom. The van der Waals surface area contributed by atoms with Crippen molar-refractivity contribution in [2.24, 2.45) is 7.05 Å². The molecule has 0 bridgehead atoms. The topological polar surface area (TPSA) is 51.0 Å². The zero-order chi connectivity index (χ0) is 15.8. The number of benzene rings is 1. The number of aromatic nitrogens is 3. The van der Waals surface area contributed by atoms with Gasteiger partial charge < -0.3 is 4.90 Å². The van der Waals surface area contributed by atoms with Crippen molar-refractivity contribution in [1.29, 1.82) is 0 Å². The fourth-order valence-corrected chi connectivity index (χ4v) is 3.20. The number of hydrogen-bond acceptors (Lipinski definition) is 3. The molecule has 0 unspecified atom stereocenters. The fraction of sp³-hybridized carbons (Fsp3) is 0.278. The largest absolute Gasteiger partial charge is 0.338 e. The number of pyridine rings is 1. The summed E-state index contributed by atoms with van der Waals surface area (Å²) in [5.41, 5.74) is 5.03. The van der Waals surface area contributed by atoms with Crippen LogP contribution in [0.5, 0.6) is 0 Å². The van der Waals surface area contributed by atoms with Gasteiger partial charge in [-0.05, 0) is 30.0 Å². The Labute approximate surface area is 134 Å². The minimum Gasteiger partial charge on any atom is -0.338 e. The summed E-state index contributed by atoms with van der Waals surface area (Å²) in [6.07, 6.45) is 5.18. The van der Waals surface area contributed by atoms with E-state index in [1.165, 1.54) is 11.1 Å². The molecule has 5 heteroatoms. The minimum atomic E-state index is 0.0495. The molecule has 4 rings (SSSR count). The molecule has 1 amide bonds. The second kappa shape index (κ2) is 5.50. The predicted molar refractivity (Wildman–Crippen MR) is 88.3 cm³/mol. The molecule has 2 aromatic heterocycles. The van der Waals surface area contributed by atoms with Gasteiger partial charge in [0.05, 0.1) is 17.3 Å². The van der Waals surface area contributed by atoms with E-state index in [-0.39, 0.29) is 5.91 Å². The van der Waals surface area contributed by atoms with Gasteiger partial charge in [-0.1, -0.05) is 24.3 Å². The first kappa shape index (κ1) is 13.9. The summed E-state index contributed by atoms with van der Waals surface area (Å²) in [5, 5.41) is 4.18. The van der Waals surface area contributed by atoms with E-state index in [1.807, 2.05) is 18.0 Å². The van der Waals surface area contributed by atoms with E-state index in [9.17, 15) is 4.79 Å². The van der Waals surface area contributed by atoms with Crippen LogP contribution in [0.15, 0.2) is 42.7 Å². The quantitative estimate of drug-likeness (QED) is 0.692. The van der Waals surface area contributed by atoms with E-state index in [4.69, 9.17) is 0 Å². The molecule has 0 N–H and O–H groups in total. The Balaban J connectivity index is 1.60. The van der Waals surface area contributed by atoms with E-state index in [0.717, 1.165) is 37.0 Å². The van der Waals surface area contributed by atoms with Crippen molar-refractivity contribution in [2.75, 3.05) is 13.1 Å². The van der Waals surface area contributed by atoms with E-state index >= 15 is 0 Å². The highest BCUT2D eigenvalue weighted by atomic mass is 16.2. The number of carbonyl (C=O) groups is 1. The number of hydrogen-bond donors (Lipinski definition) is 0. The highest BCUT2D eigenvalue weighted by Crippen LogP contribution is 2.18. The Hall–Kier alpha value is -2.69. The summed E-state index contributed by atoms with van der Waals surface area (Å²) < 4.78 is 1.75. The van der Waals surface area contributed by atoms with Crippen LogP contribution in [0.25, 0.3) is 11.0 Å². The first-order valence-corrected chi connectivity index (χ1v) is 7.86. The van der Waals surface area contributed by atoms with Crippen LogP contribution in [0, 0.1) is 0 Å². The Morgan fingerprint density at radius 3 is 2.48 bits per heavy atom. The second-order valence-electron chi connectivity index (χ2n) is 5.96. The van der Waals surface area contributed by atoms with Crippen molar-refractivity contribution >= 4 is 16.9 Å². The maximum atomic E-state index is 12.8. The lowest BCUT2D eigenvalue weighted by atomic mass is 10.0. The highest BCUT2D eigenvalue weighted by molar-refractivity contribution is 5.96. The lowest BCUT2D eigenvalue weighted by molar-refractivity contribution is 0.0763. The maximum Gasteiger partial charge on any atom is 0.255 e. The molecule has 0 radical (unpaired) electrons. The summed E-state index contributed by atoms with van der Waals surface area (Å²) in [4.78, 5) is 19.1. The molecule has 0 spiro atoms. The molecule has 0 saturated heterocycles. The van der Waals surface area contributed by atoms with Gasteiger partial charge in [-0.15, -0.1) is 0 Å². The van der Waals surface area contributed by atoms with Gasteiger partial charge in [0.2, 0.25) is 0 Å². The molecule has 0 aliphatic carbocycles. The standard InChI is InChI=1S/C18H18N4O/c1-21-17-10-15(11-19-16(17)12-20-21)18(23)22-8-6-13-4-2-3-5-14(13)7-9-22/h2-5,10-12H,6-9H2,1H3. The van der Waals surface area contributed by atoms with Crippen LogP contribution in [0.4, 0.5) is 0 Å². The monoisotopic (exact) mass is 306 g/mol. The lowest BCUT2D eigenvalue weighted by Gasteiger charge is -2.20. The van der Waals surface area contributed by atoms with Crippen LogP contribution < -0.4 is 0 Å². The van der Waals surface area contributed by atoms with Crippen molar-refractivity contribution in [3.63, 3.8) is 0 Å². The highest BCUT2D eigenvalue weighted by Gasteiger charge is 2.20. The number of nitrogens with zero attached hydrogens (tertiary/aromatic N) is 4. The molecule has 0 saturated carbocycles. The summed E-state index contributed by atoms with van der Waals surface area (Å²) in [6.45, 7) is 1.50. The van der Waals surface area contributed by atoms with E-state index in [2.05, 4.69) is 34.3 Å². The van der Waals surface area contributed by atoms with Gasteiger partial charge in [0.1, 0.15) is 5.52 Å². The number of rotatable bonds is 1. The molecule has 5 nitrogen and oxygen atoms in total. The van der Waals surface area contributed by atoms with Crippen molar-refractivity contribution in [1.82, 2.24) is 19.7 Å². The van der Waals surface area contributed by atoms with Crippen LogP contribution in [-0.4, -0.2) is 38.7 Å². The van der Waals surface area contributed by atoms with Gasteiger partial charge in [-0.25, -0.2) is 0 Å². The second-order valence-corrected chi connectivity index (χ2v) is 5.96. The van der Waals surface area contributed by atoms with Crippen LogP contribution >= 0.6 is 0 Å². The van der Waals surface area contributed by atoms with Gasteiger partial charge in [0, 0.05) is 26.3 Å². The van der Waals surface area contributed by atoms with Gasteiger partial charge >= 0.3 is 0 Å². The van der Waals surface area contributed by atoms with Gasteiger partial charge in [0.25, 0.3) is 5.91 Å². The third-order valence-corrected chi connectivity index (χ3v) is 4.55. The van der Waals surface area contributed by atoms with E-state index in [0.29, 0.717) is 5.56 Å². The van der Waals surface area contributed by atoms with Crippen LogP contribution in [0.2, 0.25) is 0 Å². The maximum absolute atomic E-state index is 12.8. The summed E-state index contributed by atoms with van der Waals surface area (Å²) >= 11 is 0. The number of fused-ring (bicyclic) bond motifs is 2. The molecule has 1 aliphatic rings. The molecule has 1 aromatic carbocycles. The Morgan fingerprint density at radius 2 is 1.78 bits per heavy atom. The van der Waals surface area contributed by atoms with Crippen molar-refractivity contribution in [3.05, 3.63) is 59.4 Å². The average Bonchev–Trinajstić information content (AvgIpc) is 2.82. The zero-order valence-corrected chi connectivity index (χ0v) is 13.1. The Kier molecular flexibility index (Phi) is 3.33. The van der Waals surface area contributed by atoms with Crippen LogP contribution in [0.3, 0.4) is 0 Å². The van der Waals surface area contributed by atoms with Gasteiger partial charge in [-0.3, -0.25) is 14.5 Å². The van der Waals surface area contributed by atoms with E-state index < -0.39 is 0 Å². The normalized spacial score (nSPS) is 14.6. The third kappa shape index (κ3) is 2.48. The molecular formula is C18H18N4O. The van der Waals surface area contributed by atoms with Gasteiger partial charge in [0.15, 0.2) is 0 Å². The number of carbonyl (C=O) groups excluding carboxylic acids is 1. The predicted octanol–water partition coefficient (Wildman–Crippen LogP) is 2.21. The Bertz CT molecular complexity index is 857.